The van der Waals surface area contributed by atoms with Gasteiger partial charge in [0.2, 0.25) is 11.9 Å². The summed E-state index contributed by atoms with van der Waals surface area (Å²) in [6, 6.07) is 2.08. The van der Waals surface area contributed by atoms with Gasteiger partial charge in [-0.25, -0.2) is 4.98 Å². The van der Waals surface area contributed by atoms with E-state index >= 15 is 0 Å². The van der Waals surface area contributed by atoms with Crippen LogP contribution in [0.1, 0.15) is 37.8 Å². The van der Waals surface area contributed by atoms with Crippen LogP contribution < -0.4 is 15.5 Å². The number of rotatable bonds is 7. The van der Waals surface area contributed by atoms with Gasteiger partial charge in [0.1, 0.15) is 5.82 Å². The molecule has 3 N–H and O–H groups in total. The SMILES string of the molecule is CC(=O)NCC1CCN(c2cc(C3CCOC3)nc(NCCO)n2)CC1. The zero-order valence-corrected chi connectivity index (χ0v) is 15.4. The molecule has 0 radical (unpaired) electrons. The average molecular weight is 363 g/mol. The maximum Gasteiger partial charge on any atom is 0.224 e. The zero-order valence-electron chi connectivity index (χ0n) is 15.4. The van der Waals surface area contributed by atoms with Gasteiger partial charge in [0.05, 0.1) is 18.9 Å². The summed E-state index contributed by atoms with van der Waals surface area (Å²) in [4.78, 5) is 22.6. The fraction of sp³-hybridized carbons (Fsp3) is 0.722. The van der Waals surface area contributed by atoms with Gasteiger partial charge in [0, 0.05) is 51.7 Å². The van der Waals surface area contributed by atoms with E-state index in [4.69, 9.17) is 9.84 Å². The molecule has 1 aromatic rings. The Hall–Kier alpha value is -1.93. The second-order valence-corrected chi connectivity index (χ2v) is 7.05. The molecular weight excluding hydrogens is 334 g/mol. The number of hydrogen-bond acceptors (Lipinski definition) is 7. The second-order valence-electron chi connectivity index (χ2n) is 7.05. The standard InChI is InChI=1S/C18H29N5O3/c1-13(25)20-11-14-2-6-23(7-3-14)17-10-16(15-4-9-26-12-15)21-18(22-17)19-5-8-24/h10,14-15,24H,2-9,11-12H2,1H3,(H,20,25)(H,19,21,22). The number of nitrogens with zero attached hydrogens (tertiary/aromatic N) is 3. The van der Waals surface area contributed by atoms with Crippen LogP contribution in [-0.2, 0) is 9.53 Å². The number of hydrogen-bond donors (Lipinski definition) is 3. The van der Waals surface area contributed by atoms with Crippen LogP contribution in [0.4, 0.5) is 11.8 Å². The molecule has 26 heavy (non-hydrogen) atoms. The van der Waals surface area contributed by atoms with Crippen molar-refractivity contribution in [1.29, 1.82) is 0 Å². The molecule has 8 nitrogen and oxygen atoms in total. The Morgan fingerprint density at radius 1 is 1.35 bits per heavy atom. The number of aromatic nitrogens is 2. The normalized spacial score (nSPS) is 21.0. The van der Waals surface area contributed by atoms with Gasteiger partial charge in [0.15, 0.2) is 0 Å². The molecule has 0 aromatic carbocycles. The highest BCUT2D eigenvalue weighted by atomic mass is 16.5. The summed E-state index contributed by atoms with van der Waals surface area (Å²) in [5, 5.41) is 15.1. The molecule has 2 aliphatic heterocycles. The molecule has 2 aliphatic rings. The van der Waals surface area contributed by atoms with Gasteiger partial charge in [-0.3, -0.25) is 4.79 Å². The number of anilines is 2. The van der Waals surface area contributed by atoms with Crippen molar-refractivity contribution in [2.24, 2.45) is 5.92 Å². The summed E-state index contributed by atoms with van der Waals surface area (Å²) in [6.45, 7) is 6.11. The monoisotopic (exact) mass is 363 g/mol. The minimum absolute atomic E-state index is 0.0336. The van der Waals surface area contributed by atoms with Crippen molar-refractivity contribution >= 4 is 17.7 Å². The number of piperidine rings is 1. The summed E-state index contributed by atoms with van der Waals surface area (Å²) in [5.74, 6) is 2.36. The fourth-order valence-corrected chi connectivity index (χ4v) is 3.49. The van der Waals surface area contributed by atoms with E-state index in [1.807, 2.05) is 0 Å². The van der Waals surface area contributed by atoms with Crippen LogP contribution in [0.2, 0.25) is 0 Å². The second kappa shape index (κ2) is 9.14. The topological polar surface area (TPSA) is 99.6 Å². The zero-order chi connectivity index (χ0) is 18.4. The molecule has 144 valence electrons. The lowest BCUT2D eigenvalue weighted by Gasteiger charge is -2.33. The molecule has 0 aliphatic carbocycles. The van der Waals surface area contributed by atoms with Crippen LogP contribution in [-0.4, -0.2) is 67.0 Å². The lowest BCUT2D eigenvalue weighted by Crippen LogP contribution is -2.38. The Labute approximate surface area is 154 Å². The third-order valence-electron chi connectivity index (χ3n) is 5.05. The largest absolute Gasteiger partial charge is 0.395 e. The molecular formula is C18H29N5O3. The first-order valence-corrected chi connectivity index (χ1v) is 9.46. The van der Waals surface area contributed by atoms with Gasteiger partial charge < -0.3 is 25.4 Å². The maximum absolute atomic E-state index is 11.1. The lowest BCUT2D eigenvalue weighted by atomic mass is 9.96. The number of amides is 1. The minimum atomic E-state index is 0.0336. The van der Waals surface area contributed by atoms with Gasteiger partial charge in [-0.05, 0) is 25.2 Å². The van der Waals surface area contributed by atoms with Gasteiger partial charge in [-0.2, -0.15) is 4.98 Å². The quantitative estimate of drug-likeness (QED) is 0.657. The molecule has 1 atom stereocenters. The fourth-order valence-electron chi connectivity index (χ4n) is 3.49. The molecule has 1 aromatic heterocycles. The number of carbonyl (C=O) groups excluding carboxylic acids is 1. The molecule has 0 bridgehead atoms. The van der Waals surface area contributed by atoms with E-state index in [0.717, 1.165) is 57.0 Å². The summed E-state index contributed by atoms with van der Waals surface area (Å²) < 4.78 is 5.51. The van der Waals surface area contributed by atoms with Gasteiger partial charge in [-0.15, -0.1) is 0 Å². The Kier molecular flexibility index (Phi) is 6.62. The maximum atomic E-state index is 11.1. The van der Waals surface area contributed by atoms with Gasteiger partial charge >= 0.3 is 0 Å². The molecule has 0 spiro atoms. The molecule has 0 saturated carbocycles. The molecule has 1 amide bonds. The van der Waals surface area contributed by atoms with Crippen molar-refractivity contribution in [3.05, 3.63) is 11.8 Å². The first kappa shape index (κ1) is 18.8. The predicted molar refractivity (Wildman–Crippen MR) is 99.4 cm³/mol. The van der Waals surface area contributed by atoms with E-state index in [9.17, 15) is 4.79 Å². The minimum Gasteiger partial charge on any atom is -0.395 e. The van der Waals surface area contributed by atoms with E-state index in [1.165, 1.54) is 0 Å². The molecule has 3 rings (SSSR count). The third-order valence-corrected chi connectivity index (χ3v) is 5.05. The number of carbonyl (C=O) groups is 1. The van der Waals surface area contributed by atoms with Crippen molar-refractivity contribution in [3.63, 3.8) is 0 Å². The Balaban J connectivity index is 1.68. The predicted octanol–water partition coefficient (Wildman–Crippen LogP) is 0.737. The van der Waals surface area contributed by atoms with Crippen LogP contribution >= 0.6 is 0 Å². The van der Waals surface area contributed by atoms with Crippen molar-refractivity contribution in [1.82, 2.24) is 15.3 Å². The average Bonchev–Trinajstić information content (AvgIpc) is 3.20. The van der Waals surface area contributed by atoms with Crippen LogP contribution in [0.3, 0.4) is 0 Å². The van der Waals surface area contributed by atoms with Gasteiger partial charge in [-0.1, -0.05) is 0 Å². The highest BCUT2D eigenvalue weighted by Gasteiger charge is 2.24. The summed E-state index contributed by atoms with van der Waals surface area (Å²) in [6.07, 6.45) is 3.05. The van der Waals surface area contributed by atoms with E-state index in [1.54, 1.807) is 6.92 Å². The van der Waals surface area contributed by atoms with Crippen molar-refractivity contribution in [3.8, 4) is 0 Å². The third kappa shape index (κ3) is 5.04. The Morgan fingerprint density at radius 2 is 2.15 bits per heavy atom. The van der Waals surface area contributed by atoms with Crippen LogP contribution in [0.5, 0.6) is 0 Å². The van der Waals surface area contributed by atoms with Crippen LogP contribution in [0.25, 0.3) is 0 Å². The van der Waals surface area contributed by atoms with Crippen molar-refractivity contribution in [2.75, 3.05) is 56.2 Å². The number of nitrogens with one attached hydrogen (secondary N) is 2. The summed E-state index contributed by atoms with van der Waals surface area (Å²) in [7, 11) is 0. The first-order valence-electron chi connectivity index (χ1n) is 9.46. The Morgan fingerprint density at radius 3 is 2.81 bits per heavy atom. The highest BCUT2D eigenvalue weighted by molar-refractivity contribution is 5.72. The Bertz CT molecular complexity index is 598. The molecule has 3 heterocycles. The van der Waals surface area contributed by atoms with E-state index < -0.39 is 0 Å². The highest BCUT2D eigenvalue weighted by Crippen LogP contribution is 2.29. The van der Waals surface area contributed by atoms with Crippen molar-refractivity contribution in [2.45, 2.75) is 32.1 Å². The van der Waals surface area contributed by atoms with E-state index in [-0.39, 0.29) is 12.5 Å². The number of aliphatic hydroxyl groups excluding tert-OH is 1. The summed E-state index contributed by atoms with van der Waals surface area (Å²) in [5.41, 5.74) is 1.01. The summed E-state index contributed by atoms with van der Waals surface area (Å²) >= 11 is 0. The molecule has 1 unspecified atom stereocenters. The van der Waals surface area contributed by atoms with E-state index in [2.05, 4.69) is 31.6 Å². The smallest absolute Gasteiger partial charge is 0.224 e. The van der Waals surface area contributed by atoms with Crippen LogP contribution in [0, 0.1) is 5.92 Å². The molecule has 2 fully saturated rings. The lowest BCUT2D eigenvalue weighted by molar-refractivity contribution is -0.119. The van der Waals surface area contributed by atoms with Crippen molar-refractivity contribution < 1.29 is 14.6 Å². The van der Waals surface area contributed by atoms with Gasteiger partial charge in [0.25, 0.3) is 0 Å². The van der Waals surface area contributed by atoms with Crippen LogP contribution in [0.15, 0.2) is 6.07 Å². The first-order chi connectivity index (χ1) is 12.7. The molecule has 2 saturated heterocycles. The molecule has 8 heteroatoms. The van der Waals surface area contributed by atoms with E-state index in [0.29, 0.717) is 30.9 Å². The number of ether oxygens (including phenoxy) is 1. The number of aliphatic hydroxyl groups is 1.